The molecule has 2 bridgehead atoms. The fourth-order valence-electron chi connectivity index (χ4n) is 10.3. The highest BCUT2D eigenvalue weighted by atomic mass is 32.2. The van der Waals surface area contributed by atoms with Gasteiger partial charge in [0.2, 0.25) is 11.8 Å². The van der Waals surface area contributed by atoms with Crippen LogP contribution in [0.1, 0.15) is 183 Å². The van der Waals surface area contributed by atoms with Crippen LogP contribution in [0.3, 0.4) is 0 Å². The van der Waals surface area contributed by atoms with Crippen LogP contribution in [0, 0.1) is 29.1 Å². The van der Waals surface area contributed by atoms with E-state index >= 15 is 0 Å². The normalized spacial score (nSPS) is 24.5. The van der Waals surface area contributed by atoms with Gasteiger partial charge >= 0.3 is 7.12 Å². The number of ketones is 2. The molecule has 3 aliphatic carbocycles. The Labute approximate surface area is 375 Å². The largest absolute Gasteiger partial charge is 0.461 e. The highest BCUT2D eigenvalue weighted by molar-refractivity contribution is 7.91. The van der Waals surface area contributed by atoms with Crippen molar-refractivity contribution in [1.29, 1.82) is 0 Å². The molecule has 1 heterocycles. The summed E-state index contributed by atoms with van der Waals surface area (Å²) in [6.07, 6.45) is 15.9. The number of hydrogen-bond acceptors (Lipinski definition) is 11. The highest BCUT2D eigenvalue weighted by Gasteiger charge is 2.68. The number of carbonyl (C=O) groups is 4. The quantitative estimate of drug-likeness (QED) is 0.0342. The molecule has 0 aromatic heterocycles. The molecule has 13 nitrogen and oxygen atoms in total. The third-order valence-corrected chi connectivity index (χ3v) is 16.4. The zero-order chi connectivity index (χ0) is 46.1. The Morgan fingerprint density at radius 3 is 1.90 bits per heavy atom. The minimum atomic E-state index is -3.57. The summed E-state index contributed by atoms with van der Waals surface area (Å²) in [7, 11) is -4.10. The van der Waals surface area contributed by atoms with E-state index in [0.29, 0.717) is 63.5 Å². The molecule has 15 heteroatoms. The minimum Gasteiger partial charge on any atom is -0.405 e. The standard InChI is InChI=1S/C47H87BN4O9S/c1-8-9-10-11-12-13-14-15-16-17-22-27-62(58,59)32-36(23-18-20-25-49)45(57)52-43(35(4)53)40(55)28-33(2)44(56)51-38(24-19-21-26-50)39(54)29-34(3)48-60-42-31-37-30-41(46(37,5)6)47(42,7)61-48/h33-38,41-43,53H,8-32,49-50H2,1-7H3,(H,51,56)(H,52,57)/t33-,34-,35-,36-,37+,38+,41+,42-,43+,47+/m1/s1. The summed E-state index contributed by atoms with van der Waals surface area (Å²) in [6.45, 7) is 14.7. The van der Waals surface area contributed by atoms with Crippen LogP contribution in [0.5, 0.6) is 0 Å². The van der Waals surface area contributed by atoms with Crippen LogP contribution < -0.4 is 22.1 Å². The molecule has 2 amide bonds. The predicted octanol–water partition coefficient (Wildman–Crippen LogP) is 6.61. The summed E-state index contributed by atoms with van der Waals surface area (Å²) in [5.41, 5.74) is 11.3. The Kier molecular flexibility index (Phi) is 23.1. The Morgan fingerprint density at radius 2 is 1.34 bits per heavy atom. The second kappa shape index (κ2) is 26.3. The van der Waals surface area contributed by atoms with Gasteiger partial charge in [-0.05, 0) is 101 Å². The average Bonchev–Trinajstić information content (AvgIpc) is 3.58. The molecule has 7 N–H and O–H groups in total. The Bertz CT molecular complexity index is 1520. The monoisotopic (exact) mass is 895 g/mol. The van der Waals surface area contributed by atoms with Crippen molar-refractivity contribution in [3.05, 3.63) is 0 Å². The second-order valence-corrected chi connectivity index (χ2v) is 22.5. The van der Waals surface area contributed by atoms with Crippen molar-refractivity contribution in [2.75, 3.05) is 24.6 Å². The number of unbranched alkanes of at least 4 members (excludes halogenated alkanes) is 12. The zero-order valence-electron chi connectivity index (χ0n) is 39.7. The SMILES string of the molecule is CCCCCCCCCCCCCS(=O)(=O)C[C@@H](CCCCN)C(=O)N[C@H](C(=O)C[C@@H](C)C(=O)N[C@@H](CCCCN)C(=O)C[C@@H](C)B1O[C@@H]2C[C@@H]3C[C@@H](C3(C)C)[C@]2(C)O1)[C@@H](C)O. The van der Waals surface area contributed by atoms with E-state index in [4.69, 9.17) is 20.8 Å². The number of nitrogens with two attached hydrogens (primary N) is 2. The van der Waals surface area contributed by atoms with Gasteiger partial charge in [0, 0.05) is 18.8 Å². The van der Waals surface area contributed by atoms with Crippen molar-refractivity contribution in [2.45, 2.75) is 219 Å². The second-order valence-electron chi connectivity index (χ2n) is 20.3. The van der Waals surface area contributed by atoms with Crippen molar-refractivity contribution in [1.82, 2.24) is 10.6 Å². The molecule has 0 aromatic carbocycles. The number of nitrogens with one attached hydrogen (secondary N) is 2. The topological polar surface area (TPSA) is 217 Å². The lowest BCUT2D eigenvalue weighted by Crippen LogP contribution is -2.65. The molecular formula is C47H87BN4O9S. The van der Waals surface area contributed by atoms with Gasteiger partial charge in [-0.3, -0.25) is 19.2 Å². The summed E-state index contributed by atoms with van der Waals surface area (Å²) in [5.74, 6) is -3.22. The number of rotatable bonds is 34. The first-order chi connectivity index (χ1) is 29.3. The lowest BCUT2D eigenvalue weighted by atomic mass is 9.43. The van der Waals surface area contributed by atoms with Crippen molar-refractivity contribution in [2.24, 2.45) is 40.6 Å². The van der Waals surface area contributed by atoms with E-state index in [1.807, 2.05) is 6.92 Å². The van der Waals surface area contributed by atoms with Crippen molar-refractivity contribution in [3.8, 4) is 0 Å². The third kappa shape index (κ3) is 16.2. The van der Waals surface area contributed by atoms with Crippen LogP contribution in [0.2, 0.25) is 5.82 Å². The van der Waals surface area contributed by atoms with Gasteiger partial charge in [-0.25, -0.2) is 8.42 Å². The van der Waals surface area contributed by atoms with Crippen LogP contribution in [-0.4, -0.2) is 98.5 Å². The predicted molar refractivity (Wildman–Crippen MR) is 248 cm³/mol. The first kappa shape index (κ1) is 54.4. The molecule has 62 heavy (non-hydrogen) atoms. The van der Waals surface area contributed by atoms with Gasteiger partial charge in [-0.1, -0.05) is 105 Å². The van der Waals surface area contributed by atoms with Crippen LogP contribution in [0.15, 0.2) is 0 Å². The summed E-state index contributed by atoms with van der Waals surface area (Å²) < 4.78 is 39.6. The van der Waals surface area contributed by atoms with E-state index in [1.165, 1.54) is 45.4 Å². The van der Waals surface area contributed by atoms with Crippen LogP contribution in [-0.2, 0) is 38.3 Å². The van der Waals surface area contributed by atoms with Crippen molar-refractivity contribution >= 4 is 40.3 Å². The molecule has 4 aliphatic rings. The Balaban J connectivity index is 1.54. The van der Waals surface area contributed by atoms with Gasteiger partial charge in [-0.2, -0.15) is 0 Å². The average molecular weight is 895 g/mol. The number of hydrogen-bond donors (Lipinski definition) is 5. The smallest absolute Gasteiger partial charge is 0.405 e. The number of aliphatic hydroxyl groups is 1. The van der Waals surface area contributed by atoms with Gasteiger partial charge in [-0.15, -0.1) is 0 Å². The van der Waals surface area contributed by atoms with Crippen molar-refractivity contribution < 1.29 is 42.0 Å². The van der Waals surface area contributed by atoms with Crippen LogP contribution in [0.25, 0.3) is 0 Å². The molecule has 0 unspecified atom stereocenters. The molecular weight excluding hydrogens is 807 g/mol. The molecule has 10 atom stereocenters. The number of sulfone groups is 1. The first-order valence-electron chi connectivity index (χ1n) is 24.6. The summed E-state index contributed by atoms with van der Waals surface area (Å²) in [4.78, 5) is 54.8. The first-order valence-corrected chi connectivity index (χ1v) is 26.4. The number of Topliss-reactive ketones (excluding diaryl/α,β-unsaturated/α-hetero) is 2. The van der Waals surface area contributed by atoms with Gasteiger partial charge < -0.3 is 36.5 Å². The van der Waals surface area contributed by atoms with Gasteiger partial charge in [0.1, 0.15) is 6.04 Å². The van der Waals surface area contributed by atoms with E-state index in [9.17, 15) is 32.7 Å². The lowest BCUT2D eigenvalue weighted by Gasteiger charge is -2.64. The summed E-state index contributed by atoms with van der Waals surface area (Å²) in [6, 6.07) is -2.14. The lowest BCUT2D eigenvalue weighted by molar-refractivity contribution is -0.199. The number of carbonyl (C=O) groups excluding carboxylic acids is 4. The van der Waals surface area contributed by atoms with E-state index in [1.54, 1.807) is 6.92 Å². The molecule has 4 fully saturated rings. The fraction of sp³-hybridized carbons (Fsp3) is 0.915. The van der Waals surface area contributed by atoms with E-state index in [-0.39, 0.29) is 53.9 Å². The number of amides is 2. The maximum absolute atomic E-state index is 13.8. The molecule has 358 valence electrons. The summed E-state index contributed by atoms with van der Waals surface area (Å²) in [5, 5.41) is 16.2. The zero-order valence-corrected chi connectivity index (χ0v) is 40.5. The minimum absolute atomic E-state index is 0.00494. The molecule has 0 radical (unpaired) electrons. The maximum atomic E-state index is 13.8. The van der Waals surface area contributed by atoms with Crippen LogP contribution >= 0.6 is 0 Å². The van der Waals surface area contributed by atoms with E-state index < -0.39 is 70.2 Å². The van der Waals surface area contributed by atoms with Gasteiger partial charge in [0.05, 0.1) is 41.3 Å². The van der Waals surface area contributed by atoms with Crippen molar-refractivity contribution in [3.63, 3.8) is 0 Å². The fourth-order valence-corrected chi connectivity index (χ4v) is 12.0. The van der Waals surface area contributed by atoms with E-state index in [0.717, 1.165) is 38.5 Å². The molecule has 4 rings (SSSR count). The molecule has 3 saturated carbocycles. The van der Waals surface area contributed by atoms with Crippen LogP contribution in [0.4, 0.5) is 0 Å². The molecule has 0 aromatic rings. The van der Waals surface area contributed by atoms with Gasteiger partial charge in [0.25, 0.3) is 0 Å². The summed E-state index contributed by atoms with van der Waals surface area (Å²) >= 11 is 0. The van der Waals surface area contributed by atoms with E-state index in [2.05, 4.69) is 38.3 Å². The van der Waals surface area contributed by atoms with Gasteiger partial charge in [0.15, 0.2) is 21.4 Å². The third-order valence-electron chi connectivity index (χ3n) is 14.6. The maximum Gasteiger partial charge on any atom is 0.461 e. The molecule has 1 saturated heterocycles. The highest BCUT2D eigenvalue weighted by Crippen LogP contribution is 2.66. The Hall–Kier alpha value is -1.91. The number of aliphatic hydroxyl groups excluding tert-OH is 1. The molecule has 0 spiro atoms. The Morgan fingerprint density at radius 1 is 0.758 bits per heavy atom. The molecule has 1 aliphatic heterocycles.